The molecule has 0 atom stereocenters. The van der Waals surface area contributed by atoms with E-state index in [4.69, 9.17) is 0 Å². The third kappa shape index (κ3) is 1.77. The molecule has 90 valence electrons. The topological polar surface area (TPSA) is 8.17 Å². The molecule has 1 aromatic heterocycles. The Morgan fingerprint density at radius 2 is 2.00 bits per heavy atom. The molecule has 3 rings (SSSR count). The molecule has 2 heteroatoms. The molecule has 0 saturated heterocycles. The zero-order chi connectivity index (χ0) is 12.0. The first kappa shape index (κ1) is 10.8. The van der Waals surface area contributed by atoms with Gasteiger partial charge in [-0.15, -0.1) is 0 Å². The third-order valence-electron chi connectivity index (χ3n) is 4.17. The molecule has 0 unspecified atom stereocenters. The Morgan fingerprint density at radius 1 is 1.24 bits per heavy atom. The highest BCUT2D eigenvalue weighted by Gasteiger charge is 2.45. The number of hydrogen-bond acceptors (Lipinski definition) is 1. The number of nitrogens with zero attached hydrogens (tertiary/aromatic N) is 2. The molecule has 0 radical (unpaired) electrons. The van der Waals surface area contributed by atoms with E-state index in [0.29, 0.717) is 5.54 Å². The normalized spacial score (nSPS) is 17.9. The van der Waals surface area contributed by atoms with E-state index in [9.17, 15) is 0 Å². The van der Waals surface area contributed by atoms with Gasteiger partial charge in [-0.05, 0) is 56.9 Å². The van der Waals surface area contributed by atoms with Crippen LogP contribution >= 0.6 is 0 Å². The van der Waals surface area contributed by atoms with Crippen molar-refractivity contribution in [1.29, 1.82) is 0 Å². The molecule has 0 spiro atoms. The van der Waals surface area contributed by atoms with Gasteiger partial charge in [-0.1, -0.05) is 12.1 Å². The van der Waals surface area contributed by atoms with Gasteiger partial charge in [-0.3, -0.25) is 0 Å². The fourth-order valence-electron chi connectivity index (χ4n) is 2.64. The van der Waals surface area contributed by atoms with Gasteiger partial charge in [0.15, 0.2) is 0 Å². The van der Waals surface area contributed by atoms with Gasteiger partial charge in [-0.25, -0.2) is 0 Å². The summed E-state index contributed by atoms with van der Waals surface area (Å²) in [7, 11) is 4.40. The number of fused-ring (bicyclic) bond motifs is 1. The van der Waals surface area contributed by atoms with Gasteiger partial charge in [0, 0.05) is 23.8 Å². The van der Waals surface area contributed by atoms with Crippen LogP contribution < -0.4 is 0 Å². The lowest BCUT2D eigenvalue weighted by Gasteiger charge is -2.24. The average molecular weight is 228 g/mol. The predicted octanol–water partition coefficient (Wildman–Crippen LogP) is 3.04. The summed E-state index contributed by atoms with van der Waals surface area (Å²) >= 11 is 0. The van der Waals surface area contributed by atoms with Gasteiger partial charge in [-0.2, -0.15) is 0 Å². The Morgan fingerprint density at radius 3 is 2.65 bits per heavy atom. The lowest BCUT2D eigenvalue weighted by atomic mass is 10.2. The van der Waals surface area contributed by atoms with E-state index in [1.54, 1.807) is 0 Å². The first-order chi connectivity index (χ1) is 8.11. The first-order valence-corrected chi connectivity index (χ1v) is 6.34. The fourth-order valence-corrected chi connectivity index (χ4v) is 2.64. The second kappa shape index (κ2) is 3.61. The molecule has 1 aliphatic rings. The lowest BCUT2D eigenvalue weighted by molar-refractivity contribution is 0.244. The molecular weight excluding hydrogens is 208 g/mol. The molecule has 1 saturated carbocycles. The van der Waals surface area contributed by atoms with E-state index in [-0.39, 0.29) is 0 Å². The summed E-state index contributed by atoms with van der Waals surface area (Å²) in [6, 6.07) is 8.92. The maximum atomic E-state index is 2.41. The zero-order valence-corrected chi connectivity index (χ0v) is 10.9. The van der Waals surface area contributed by atoms with E-state index in [1.807, 2.05) is 0 Å². The molecule has 1 heterocycles. The van der Waals surface area contributed by atoms with Gasteiger partial charge in [0.1, 0.15) is 0 Å². The second-order valence-electron chi connectivity index (χ2n) is 5.62. The van der Waals surface area contributed by atoms with Crippen LogP contribution in [0.2, 0.25) is 0 Å². The Balaban J connectivity index is 1.98. The minimum atomic E-state index is 0.412. The molecule has 0 aliphatic heterocycles. The number of aryl methyl sites for hydroxylation is 1. The van der Waals surface area contributed by atoms with Crippen LogP contribution in [0.4, 0.5) is 0 Å². The highest BCUT2D eigenvalue weighted by atomic mass is 15.2. The standard InChI is InChI=1S/C15H20N2/c1-12-4-5-13-6-9-17(14(13)10-12)11-15(7-8-15)16(2)3/h4-6,9-10H,7-8,11H2,1-3H3. The molecule has 17 heavy (non-hydrogen) atoms. The van der Waals surface area contributed by atoms with Crippen LogP contribution in [-0.4, -0.2) is 29.1 Å². The molecular formula is C15H20N2. The Kier molecular flexibility index (Phi) is 2.30. The van der Waals surface area contributed by atoms with E-state index in [2.05, 4.69) is 60.9 Å². The maximum Gasteiger partial charge on any atom is 0.0483 e. The molecule has 2 nitrogen and oxygen atoms in total. The number of aromatic nitrogens is 1. The van der Waals surface area contributed by atoms with Crippen molar-refractivity contribution in [1.82, 2.24) is 9.47 Å². The van der Waals surface area contributed by atoms with E-state index in [0.717, 1.165) is 6.54 Å². The minimum absolute atomic E-state index is 0.412. The minimum Gasteiger partial charge on any atom is -0.346 e. The molecule has 2 aromatic rings. The third-order valence-corrected chi connectivity index (χ3v) is 4.17. The quantitative estimate of drug-likeness (QED) is 0.784. The van der Waals surface area contributed by atoms with Crippen molar-refractivity contribution in [3.8, 4) is 0 Å². The van der Waals surface area contributed by atoms with Crippen molar-refractivity contribution in [3.63, 3.8) is 0 Å². The number of benzene rings is 1. The number of hydrogen-bond donors (Lipinski definition) is 0. The predicted molar refractivity (Wildman–Crippen MR) is 72.3 cm³/mol. The van der Waals surface area contributed by atoms with Gasteiger partial charge in [0.2, 0.25) is 0 Å². The highest BCUT2D eigenvalue weighted by Crippen LogP contribution is 2.42. The van der Waals surface area contributed by atoms with E-state index < -0.39 is 0 Å². The first-order valence-electron chi connectivity index (χ1n) is 6.34. The average Bonchev–Trinajstić information content (AvgIpc) is 2.97. The summed E-state index contributed by atoms with van der Waals surface area (Å²) < 4.78 is 2.41. The molecule has 1 aromatic carbocycles. The van der Waals surface area contributed by atoms with Crippen molar-refractivity contribution in [2.75, 3.05) is 14.1 Å². The zero-order valence-electron chi connectivity index (χ0n) is 10.9. The van der Waals surface area contributed by atoms with Crippen molar-refractivity contribution in [2.24, 2.45) is 0 Å². The SMILES string of the molecule is Cc1ccc2ccn(CC3(N(C)C)CC3)c2c1. The van der Waals surface area contributed by atoms with Crippen molar-refractivity contribution in [3.05, 3.63) is 36.0 Å². The van der Waals surface area contributed by atoms with E-state index >= 15 is 0 Å². The van der Waals surface area contributed by atoms with E-state index in [1.165, 1.54) is 29.3 Å². The van der Waals surface area contributed by atoms with Gasteiger partial charge in [0.25, 0.3) is 0 Å². The summed E-state index contributed by atoms with van der Waals surface area (Å²) in [5.74, 6) is 0. The number of likely N-dealkylation sites (N-methyl/N-ethyl adjacent to an activating group) is 1. The van der Waals surface area contributed by atoms with Crippen LogP contribution in [0.15, 0.2) is 30.5 Å². The molecule has 1 aliphatic carbocycles. The van der Waals surface area contributed by atoms with Crippen LogP contribution in [0.5, 0.6) is 0 Å². The van der Waals surface area contributed by atoms with Crippen LogP contribution in [0.3, 0.4) is 0 Å². The molecule has 1 fully saturated rings. The summed E-state index contributed by atoms with van der Waals surface area (Å²) in [4.78, 5) is 2.38. The molecule has 0 amide bonds. The Hall–Kier alpha value is -1.28. The van der Waals surface area contributed by atoms with Crippen molar-refractivity contribution >= 4 is 10.9 Å². The smallest absolute Gasteiger partial charge is 0.0483 e. The summed E-state index contributed by atoms with van der Waals surface area (Å²) in [6.07, 6.45) is 4.88. The molecule has 0 bridgehead atoms. The van der Waals surface area contributed by atoms with Crippen LogP contribution in [0, 0.1) is 6.92 Å². The van der Waals surface area contributed by atoms with Gasteiger partial charge >= 0.3 is 0 Å². The van der Waals surface area contributed by atoms with Gasteiger partial charge < -0.3 is 9.47 Å². The second-order valence-corrected chi connectivity index (χ2v) is 5.62. The summed E-state index contributed by atoms with van der Waals surface area (Å²) in [5.41, 5.74) is 3.13. The van der Waals surface area contributed by atoms with Crippen LogP contribution in [0.25, 0.3) is 10.9 Å². The summed E-state index contributed by atoms with van der Waals surface area (Å²) in [6.45, 7) is 3.28. The largest absolute Gasteiger partial charge is 0.346 e. The van der Waals surface area contributed by atoms with Crippen molar-refractivity contribution in [2.45, 2.75) is 31.8 Å². The fraction of sp³-hybridized carbons (Fsp3) is 0.467. The van der Waals surface area contributed by atoms with Crippen LogP contribution in [0.1, 0.15) is 18.4 Å². The Bertz CT molecular complexity index is 547. The van der Waals surface area contributed by atoms with Gasteiger partial charge in [0.05, 0.1) is 0 Å². The maximum absolute atomic E-state index is 2.41. The Labute approximate surface area is 103 Å². The van der Waals surface area contributed by atoms with Crippen molar-refractivity contribution < 1.29 is 0 Å². The summed E-state index contributed by atoms with van der Waals surface area (Å²) in [5, 5.41) is 1.35. The molecule has 0 N–H and O–H groups in total. The van der Waals surface area contributed by atoms with Crippen LogP contribution in [-0.2, 0) is 6.54 Å². The monoisotopic (exact) mass is 228 g/mol. The highest BCUT2D eigenvalue weighted by molar-refractivity contribution is 5.80. The number of rotatable bonds is 3. The lowest BCUT2D eigenvalue weighted by Crippen LogP contribution is -2.34.